The molecule has 0 atom stereocenters. The van der Waals surface area contributed by atoms with Gasteiger partial charge in [-0.2, -0.15) is 0 Å². The van der Waals surface area contributed by atoms with Crippen molar-refractivity contribution in [3.8, 4) is 17.0 Å². The summed E-state index contributed by atoms with van der Waals surface area (Å²) in [6.07, 6.45) is 5.32. The maximum absolute atomic E-state index is 12.4. The van der Waals surface area contributed by atoms with Crippen molar-refractivity contribution in [3.63, 3.8) is 0 Å². The molecule has 4 rings (SSSR count). The van der Waals surface area contributed by atoms with E-state index >= 15 is 0 Å². The van der Waals surface area contributed by atoms with Gasteiger partial charge >= 0.3 is 0 Å². The highest BCUT2D eigenvalue weighted by atomic mass is 32.1. The Bertz CT molecular complexity index is 1190. The number of carbonyl (C=O) groups excluding carboxylic acids is 2. The number of ether oxygens (including phenoxy) is 1. The maximum atomic E-state index is 12.4. The summed E-state index contributed by atoms with van der Waals surface area (Å²) in [5, 5.41) is 5.09. The number of thiazole rings is 1. The third-order valence-electron chi connectivity index (χ3n) is 4.44. The van der Waals surface area contributed by atoms with Crippen LogP contribution in [0.2, 0.25) is 0 Å². The van der Waals surface area contributed by atoms with Crippen molar-refractivity contribution in [2.45, 2.75) is 13.0 Å². The molecule has 0 aliphatic carbocycles. The van der Waals surface area contributed by atoms with Crippen LogP contribution < -0.4 is 15.8 Å². The molecular weight excluding hydrogens is 414 g/mol. The number of anilines is 1. The van der Waals surface area contributed by atoms with Crippen LogP contribution in [-0.4, -0.2) is 26.8 Å². The summed E-state index contributed by atoms with van der Waals surface area (Å²) in [6, 6.07) is 12.8. The fraction of sp³-hybridized carbons (Fsp3) is 0.0909. The molecule has 3 aromatic heterocycles. The quantitative estimate of drug-likeness (QED) is 0.393. The highest BCUT2D eigenvalue weighted by Crippen LogP contribution is 2.25. The first-order valence-electron chi connectivity index (χ1n) is 9.41. The Morgan fingerprint density at radius 1 is 1.10 bits per heavy atom. The monoisotopic (exact) mass is 433 g/mol. The van der Waals surface area contributed by atoms with Gasteiger partial charge in [-0.25, -0.2) is 4.98 Å². The van der Waals surface area contributed by atoms with Gasteiger partial charge in [-0.05, 0) is 41.5 Å². The fourth-order valence-corrected chi connectivity index (χ4v) is 3.58. The largest absolute Gasteiger partial charge is 0.489 e. The van der Waals surface area contributed by atoms with E-state index < -0.39 is 5.91 Å². The number of carbonyl (C=O) groups is 2. The number of aromatic amines is 1. The van der Waals surface area contributed by atoms with Gasteiger partial charge in [-0.1, -0.05) is 12.1 Å². The topological polar surface area (TPSA) is 123 Å². The molecule has 3 heterocycles. The number of nitrogens with one attached hydrogen (secondary N) is 2. The zero-order valence-corrected chi connectivity index (χ0v) is 17.2. The van der Waals surface area contributed by atoms with E-state index in [1.807, 2.05) is 36.4 Å². The Morgan fingerprint density at radius 2 is 1.87 bits per heavy atom. The van der Waals surface area contributed by atoms with Gasteiger partial charge in [-0.15, -0.1) is 11.3 Å². The molecule has 4 aromatic rings. The van der Waals surface area contributed by atoms with Gasteiger partial charge in [0.25, 0.3) is 5.91 Å². The lowest BCUT2D eigenvalue weighted by Crippen LogP contribution is -2.14. The second-order valence-electron chi connectivity index (χ2n) is 6.72. The Kier molecular flexibility index (Phi) is 6.04. The molecule has 0 unspecified atom stereocenters. The summed E-state index contributed by atoms with van der Waals surface area (Å²) in [4.78, 5) is 34.7. The maximum Gasteiger partial charge on any atom is 0.265 e. The molecule has 0 fully saturated rings. The van der Waals surface area contributed by atoms with E-state index in [2.05, 4.69) is 20.3 Å². The van der Waals surface area contributed by atoms with Crippen LogP contribution in [0.1, 0.15) is 21.6 Å². The predicted molar refractivity (Wildman–Crippen MR) is 118 cm³/mol. The van der Waals surface area contributed by atoms with Crippen LogP contribution in [0.15, 0.2) is 66.4 Å². The van der Waals surface area contributed by atoms with Crippen LogP contribution in [0.25, 0.3) is 11.3 Å². The van der Waals surface area contributed by atoms with Crippen LogP contribution in [0, 0.1) is 0 Å². The average molecular weight is 433 g/mol. The SMILES string of the molecule is NC(=O)c1cc(-c2csc(NC(=O)Cc3ccc(OCc4ccncc4)cc3)n2)c[nH]1. The molecule has 0 bridgehead atoms. The lowest BCUT2D eigenvalue weighted by atomic mass is 10.1. The van der Waals surface area contributed by atoms with Gasteiger partial charge in [0, 0.05) is 29.5 Å². The van der Waals surface area contributed by atoms with Crippen molar-refractivity contribution in [1.29, 1.82) is 0 Å². The third kappa shape index (κ3) is 5.34. The second kappa shape index (κ2) is 9.23. The fourth-order valence-electron chi connectivity index (χ4n) is 2.85. The van der Waals surface area contributed by atoms with E-state index in [0.29, 0.717) is 23.1 Å². The predicted octanol–water partition coefficient (Wildman–Crippen LogP) is 3.39. The zero-order chi connectivity index (χ0) is 21.6. The minimum Gasteiger partial charge on any atom is -0.489 e. The number of rotatable bonds is 8. The third-order valence-corrected chi connectivity index (χ3v) is 5.20. The molecular formula is C22H19N5O3S. The molecule has 8 nitrogen and oxygen atoms in total. The Hall–Kier alpha value is -3.98. The Labute approximate surface area is 182 Å². The van der Waals surface area contributed by atoms with Crippen molar-refractivity contribution in [1.82, 2.24) is 15.0 Å². The molecule has 2 amide bonds. The highest BCUT2D eigenvalue weighted by Gasteiger charge is 2.11. The lowest BCUT2D eigenvalue weighted by molar-refractivity contribution is -0.115. The second-order valence-corrected chi connectivity index (χ2v) is 7.58. The van der Waals surface area contributed by atoms with Crippen molar-refractivity contribution in [2.24, 2.45) is 5.73 Å². The number of benzene rings is 1. The number of hydrogen-bond donors (Lipinski definition) is 3. The molecule has 0 spiro atoms. The summed E-state index contributed by atoms with van der Waals surface area (Å²) < 4.78 is 5.74. The number of pyridine rings is 1. The van der Waals surface area contributed by atoms with Gasteiger partial charge < -0.3 is 20.8 Å². The summed E-state index contributed by atoms with van der Waals surface area (Å²) >= 11 is 1.31. The average Bonchev–Trinajstić information content (AvgIpc) is 3.44. The summed E-state index contributed by atoms with van der Waals surface area (Å²) in [7, 11) is 0. The first-order valence-corrected chi connectivity index (χ1v) is 10.3. The van der Waals surface area contributed by atoms with Gasteiger partial charge in [0.05, 0.1) is 12.1 Å². The van der Waals surface area contributed by atoms with Crippen molar-refractivity contribution >= 4 is 28.3 Å². The molecule has 156 valence electrons. The molecule has 0 aliphatic heterocycles. The summed E-state index contributed by atoms with van der Waals surface area (Å²) in [5.74, 6) is 0.0226. The molecule has 0 aliphatic rings. The number of H-pyrrole nitrogens is 1. The number of nitrogens with two attached hydrogens (primary N) is 1. The van der Waals surface area contributed by atoms with Crippen LogP contribution in [0.5, 0.6) is 5.75 Å². The molecule has 4 N–H and O–H groups in total. The number of hydrogen-bond acceptors (Lipinski definition) is 6. The van der Waals surface area contributed by atoms with E-state index in [1.165, 1.54) is 11.3 Å². The Morgan fingerprint density at radius 3 is 2.58 bits per heavy atom. The Balaban J connectivity index is 1.30. The molecule has 0 saturated carbocycles. The minimum absolute atomic E-state index is 0.168. The van der Waals surface area contributed by atoms with Gasteiger partial charge in [-0.3, -0.25) is 14.6 Å². The van der Waals surface area contributed by atoms with Crippen molar-refractivity contribution in [3.05, 3.63) is 83.3 Å². The highest BCUT2D eigenvalue weighted by molar-refractivity contribution is 7.14. The molecule has 9 heteroatoms. The van der Waals surface area contributed by atoms with Crippen molar-refractivity contribution in [2.75, 3.05) is 5.32 Å². The van der Waals surface area contributed by atoms with Gasteiger partial charge in [0.2, 0.25) is 5.91 Å². The van der Waals surface area contributed by atoms with E-state index in [1.54, 1.807) is 30.0 Å². The minimum atomic E-state index is -0.538. The number of aromatic nitrogens is 3. The molecule has 0 radical (unpaired) electrons. The normalized spacial score (nSPS) is 10.6. The van der Waals surface area contributed by atoms with E-state index in [4.69, 9.17) is 10.5 Å². The van der Waals surface area contributed by atoms with Crippen molar-refractivity contribution < 1.29 is 14.3 Å². The van der Waals surface area contributed by atoms with E-state index in [9.17, 15) is 9.59 Å². The van der Waals surface area contributed by atoms with E-state index in [-0.39, 0.29) is 12.3 Å². The van der Waals surface area contributed by atoms with Gasteiger partial charge in [0.15, 0.2) is 5.13 Å². The smallest absolute Gasteiger partial charge is 0.265 e. The van der Waals surface area contributed by atoms with Crippen LogP contribution in [0.3, 0.4) is 0 Å². The zero-order valence-electron chi connectivity index (χ0n) is 16.4. The lowest BCUT2D eigenvalue weighted by Gasteiger charge is -2.07. The van der Waals surface area contributed by atoms with E-state index in [0.717, 1.165) is 22.4 Å². The molecule has 0 saturated heterocycles. The number of primary amides is 1. The van der Waals surface area contributed by atoms with Crippen LogP contribution in [-0.2, 0) is 17.8 Å². The number of amides is 2. The first-order chi connectivity index (χ1) is 15.1. The number of nitrogens with zero attached hydrogens (tertiary/aromatic N) is 2. The van der Waals surface area contributed by atoms with Crippen LogP contribution in [0.4, 0.5) is 5.13 Å². The summed E-state index contributed by atoms with van der Waals surface area (Å²) in [5.41, 5.74) is 8.83. The molecule has 31 heavy (non-hydrogen) atoms. The molecule has 1 aromatic carbocycles. The summed E-state index contributed by atoms with van der Waals surface area (Å²) in [6.45, 7) is 0.455. The van der Waals surface area contributed by atoms with Crippen LogP contribution >= 0.6 is 11.3 Å². The first kappa shape index (κ1) is 20.3. The standard InChI is InChI=1S/C22H19N5O3S/c23-21(29)18-10-16(11-25-18)19-13-31-22(26-19)27-20(28)9-14-1-3-17(4-2-14)30-12-15-5-7-24-8-6-15/h1-8,10-11,13,25H,9,12H2,(H2,23,29)(H,26,27,28). The van der Waals surface area contributed by atoms with Gasteiger partial charge in [0.1, 0.15) is 18.1 Å².